The van der Waals surface area contributed by atoms with E-state index in [1.807, 2.05) is 0 Å². The predicted molar refractivity (Wildman–Crippen MR) is 84.2 cm³/mol. The summed E-state index contributed by atoms with van der Waals surface area (Å²) >= 11 is 0. The molecule has 0 unspecified atom stereocenters. The molecule has 0 aromatic rings. The van der Waals surface area contributed by atoms with Crippen LogP contribution in [0, 0.1) is 34.5 Å². The normalized spacial score (nSPS) is 57.4. The van der Waals surface area contributed by atoms with Gasteiger partial charge in [-0.2, -0.15) is 0 Å². The molecule has 0 spiro atoms. The van der Waals surface area contributed by atoms with E-state index in [1.165, 1.54) is 6.42 Å². The molecule has 2 N–H and O–H groups in total. The van der Waals surface area contributed by atoms with Gasteiger partial charge in [0.15, 0.2) is 0 Å². The van der Waals surface area contributed by atoms with Crippen molar-refractivity contribution >= 4 is 5.78 Å². The molecule has 3 nitrogen and oxygen atoms in total. The highest BCUT2D eigenvalue weighted by Crippen LogP contribution is 2.67. The Morgan fingerprint density at radius 1 is 1.09 bits per heavy atom. The molecule has 5 saturated carbocycles. The molecule has 0 amide bonds. The summed E-state index contributed by atoms with van der Waals surface area (Å²) in [5.74, 6) is 2.02. The Morgan fingerprint density at radius 3 is 2.45 bits per heavy atom. The standard InChI is InChI=1S/C19H30O3/c1-17-7-6-15(13(11-20)14(17)3-4-16(17)21)18(2)8-5-12-9-19(18,22)10-12/h12-15,20,22H,3-11H2,1-2H3/t12?,13-,14+,15+,17-,18+,19?/m1/s1. The van der Waals surface area contributed by atoms with Crippen LogP contribution >= 0.6 is 0 Å². The largest absolute Gasteiger partial charge is 0.396 e. The van der Waals surface area contributed by atoms with Crippen LogP contribution < -0.4 is 0 Å². The molecule has 22 heavy (non-hydrogen) atoms. The molecule has 0 aromatic carbocycles. The molecule has 5 fully saturated rings. The Morgan fingerprint density at radius 2 is 1.82 bits per heavy atom. The van der Waals surface area contributed by atoms with Gasteiger partial charge in [0.2, 0.25) is 0 Å². The SMILES string of the molecule is C[C@@]12CC[C@H]([C@]3(C)CCC4CC3(O)C4)[C@H](CO)[C@@H]1CCC2=O. The molecule has 0 aromatic heterocycles. The van der Waals surface area contributed by atoms with Crippen molar-refractivity contribution in [2.45, 2.75) is 70.8 Å². The average Bonchev–Trinajstić information content (AvgIpc) is 2.76. The number of carbonyl (C=O) groups is 1. The zero-order valence-corrected chi connectivity index (χ0v) is 14.0. The van der Waals surface area contributed by atoms with Crippen molar-refractivity contribution in [2.75, 3.05) is 6.61 Å². The van der Waals surface area contributed by atoms with Gasteiger partial charge in [0.25, 0.3) is 0 Å². The Kier molecular flexibility index (Phi) is 3.14. The number of carbonyl (C=O) groups excluding carboxylic acids is 1. The maximum atomic E-state index is 12.4. The molecular formula is C19H30O3. The summed E-state index contributed by atoms with van der Waals surface area (Å²) in [4.78, 5) is 12.4. The molecule has 5 aliphatic rings. The Bertz CT molecular complexity index is 495. The summed E-state index contributed by atoms with van der Waals surface area (Å²) < 4.78 is 0. The first-order valence-electron chi connectivity index (χ1n) is 9.21. The van der Waals surface area contributed by atoms with Crippen LogP contribution in [0.3, 0.4) is 0 Å². The second kappa shape index (κ2) is 4.57. The smallest absolute Gasteiger partial charge is 0.139 e. The highest BCUT2D eigenvalue weighted by Gasteiger charge is 2.65. The highest BCUT2D eigenvalue weighted by molar-refractivity contribution is 5.87. The average molecular weight is 306 g/mol. The quantitative estimate of drug-likeness (QED) is 0.824. The van der Waals surface area contributed by atoms with Crippen molar-refractivity contribution in [3.8, 4) is 0 Å². The second-order valence-corrected chi connectivity index (χ2v) is 9.24. The van der Waals surface area contributed by atoms with E-state index in [-0.39, 0.29) is 23.4 Å². The molecule has 124 valence electrons. The van der Waals surface area contributed by atoms with E-state index in [1.54, 1.807) is 0 Å². The summed E-state index contributed by atoms with van der Waals surface area (Å²) in [6.07, 6.45) is 7.81. The molecule has 2 bridgehead atoms. The lowest BCUT2D eigenvalue weighted by atomic mass is 9.42. The van der Waals surface area contributed by atoms with Gasteiger partial charge in [-0.05, 0) is 74.0 Å². The third kappa shape index (κ3) is 1.67. The van der Waals surface area contributed by atoms with Gasteiger partial charge in [0, 0.05) is 18.4 Å². The van der Waals surface area contributed by atoms with E-state index in [4.69, 9.17) is 0 Å². The lowest BCUT2D eigenvalue weighted by Gasteiger charge is -2.65. The van der Waals surface area contributed by atoms with Gasteiger partial charge < -0.3 is 10.2 Å². The van der Waals surface area contributed by atoms with Crippen molar-refractivity contribution in [1.82, 2.24) is 0 Å². The molecule has 0 aliphatic heterocycles. The lowest BCUT2D eigenvalue weighted by molar-refractivity contribution is -0.237. The number of ketones is 1. The Balaban J connectivity index is 1.67. The van der Waals surface area contributed by atoms with E-state index in [2.05, 4.69) is 13.8 Å². The fourth-order valence-corrected chi connectivity index (χ4v) is 6.94. The third-order valence-electron chi connectivity index (χ3n) is 8.56. The fourth-order valence-electron chi connectivity index (χ4n) is 6.94. The van der Waals surface area contributed by atoms with Crippen molar-refractivity contribution < 1.29 is 15.0 Å². The van der Waals surface area contributed by atoms with E-state index in [0.717, 1.165) is 44.4 Å². The Labute approximate surface area is 133 Å². The molecule has 0 radical (unpaired) electrons. The van der Waals surface area contributed by atoms with Gasteiger partial charge in [0.05, 0.1) is 5.60 Å². The van der Waals surface area contributed by atoms with Gasteiger partial charge in [-0.15, -0.1) is 0 Å². The van der Waals surface area contributed by atoms with Gasteiger partial charge in [-0.25, -0.2) is 0 Å². The molecule has 0 saturated heterocycles. The van der Waals surface area contributed by atoms with Gasteiger partial charge in [-0.1, -0.05) is 13.8 Å². The van der Waals surface area contributed by atoms with Crippen LogP contribution in [0.25, 0.3) is 0 Å². The fraction of sp³-hybridized carbons (Fsp3) is 0.947. The zero-order chi connectivity index (χ0) is 15.8. The minimum Gasteiger partial charge on any atom is -0.396 e. The maximum absolute atomic E-state index is 12.4. The Hall–Kier alpha value is -0.410. The van der Waals surface area contributed by atoms with Gasteiger partial charge >= 0.3 is 0 Å². The number of aliphatic hydroxyl groups excluding tert-OH is 1. The number of fused-ring (bicyclic) bond motifs is 3. The van der Waals surface area contributed by atoms with Gasteiger partial charge in [0.1, 0.15) is 5.78 Å². The van der Waals surface area contributed by atoms with Crippen LogP contribution in [0.4, 0.5) is 0 Å². The van der Waals surface area contributed by atoms with Crippen LogP contribution in [0.5, 0.6) is 0 Å². The van der Waals surface area contributed by atoms with E-state index >= 15 is 0 Å². The summed E-state index contributed by atoms with van der Waals surface area (Å²) in [5, 5.41) is 21.3. The van der Waals surface area contributed by atoms with Crippen molar-refractivity contribution in [3.63, 3.8) is 0 Å². The van der Waals surface area contributed by atoms with Crippen molar-refractivity contribution in [1.29, 1.82) is 0 Å². The minimum absolute atomic E-state index is 0.0673. The van der Waals surface area contributed by atoms with Crippen LogP contribution in [0.1, 0.15) is 65.2 Å². The van der Waals surface area contributed by atoms with E-state index < -0.39 is 5.60 Å². The molecule has 5 aliphatic carbocycles. The monoisotopic (exact) mass is 306 g/mol. The summed E-state index contributed by atoms with van der Waals surface area (Å²) in [5.41, 5.74) is -0.786. The maximum Gasteiger partial charge on any atom is 0.139 e. The lowest BCUT2D eigenvalue weighted by Crippen LogP contribution is -2.65. The summed E-state index contributed by atoms with van der Waals surface area (Å²) in [6.45, 7) is 4.58. The number of aliphatic hydroxyl groups is 2. The summed E-state index contributed by atoms with van der Waals surface area (Å²) in [7, 11) is 0. The molecule has 0 heterocycles. The van der Waals surface area contributed by atoms with Crippen LogP contribution in [0.2, 0.25) is 0 Å². The van der Waals surface area contributed by atoms with Crippen LogP contribution in [-0.2, 0) is 4.79 Å². The number of hydrogen-bond acceptors (Lipinski definition) is 3. The van der Waals surface area contributed by atoms with Crippen LogP contribution in [0.15, 0.2) is 0 Å². The highest BCUT2D eigenvalue weighted by atomic mass is 16.3. The first kappa shape index (κ1) is 15.1. The predicted octanol–water partition coefficient (Wildman–Crippen LogP) is 2.93. The number of hydrogen-bond donors (Lipinski definition) is 2. The zero-order valence-electron chi connectivity index (χ0n) is 14.0. The van der Waals surface area contributed by atoms with Gasteiger partial charge in [-0.3, -0.25) is 4.79 Å². The van der Waals surface area contributed by atoms with Crippen molar-refractivity contribution in [3.05, 3.63) is 0 Å². The molecule has 3 heteroatoms. The molecular weight excluding hydrogens is 276 g/mol. The van der Waals surface area contributed by atoms with Crippen LogP contribution in [-0.4, -0.2) is 28.2 Å². The molecule has 5 atom stereocenters. The second-order valence-electron chi connectivity index (χ2n) is 9.24. The first-order chi connectivity index (χ1) is 10.3. The topological polar surface area (TPSA) is 57.5 Å². The number of rotatable bonds is 2. The minimum atomic E-state index is -0.510. The first-order valence-corrected chi connectivity index (χ1v) is 9.21. The van der Waals surface area contributed by atoms with Crippen molar-refractivity contribution in [2.24, 2.45) is 34.5 Å². The van der Waals surface area contributed by atoms with E-state index in [9.17, 15) is 15.0 Å². The summed E-state index contributed by atoms with van der Waals surface area (Å²) in [6, 6.07) is 0. The molecule has 5 rings (SSSR count). The third-order valence-corrected chi connectivity index (χ3v) is 8.56. The number of Topliss-reactive ketones (excluding diaryl/α,β-unsaturated/α-hetero) is 1. The van der Waals surface area contributed by atoms with E-state index in [0.29, 0.717) is 24.0 Å².